The van der Waals surface area contributed by atoms with E-state index in [9.17, 15) is 12.8 Å². The lowest BCUT2D eigenvalue weighted by atomic mass is 10.1. The second kappa shape index (κ2) is 6.42. The van der Waals surface area contributed by atoms with Crippen molar-refractivity contribution in [1.29, 1.82) is 0 Å². The average molecular weight is 316 g/mol. The first kappa shape index (κ1) is 18.1. The van der Waals surface area contributed by atoms with Gasteiger partial charge in [-0.05, 0) is 45.4 Å². The van der Waals surface area contributed by atoms with Gasteiger partial charge in [-0.3, -0.25) is 0 Å². The van der Waals surface area contributed by atoms with E-state index in [1.54, 1.807) is 27.7 Å². The normalized spacial score (nSPS) is 13.0. The van der Waals surface area contributed by atoms with Crippen molar-refractivity contribution in [3.63, 3.8) is 0 Å². The minimum atomic E-state index is -3.66. The fourth-order valence-electron chi connectivity index (χ4n) is 1.87. The van der Waals surface area contributed by atoms with Gasteiger partial charge in [-0.1, -0.05) is 13.8 Å². The van der Waals surface area contributed by atoms with Crippen molar-refractivity contribution in [3.05, 3.63) is 29.1 Å². The summed E-state index contributed by atoms with van der Waals surface area (Å²) in [6.07, 6.45) is 0. The molecule has 0 aromatic heterocycles. The first-order valence-corrected chi connectivity index (χ1v) is 8.47. The lowest BCUT2D eigenvalue weighted by Gasteiger charge is -2.21. The molecule has 0 unspecified atom stereocenters. The van der Waals surface area contributed by atoms with Crippen molar-refractivity contribution in [2.24, 2.45) is 0 Å². The van der Waals surface area contributed by atoms with Crippen LogP contribution >= 0.6 is 0 Å². The van der Waals surface area contributed by atoms with Crippen molar-refractivity contribution < 1.29 is 12.8 Å². The molecule has 0 aliphatic rings. The third-order valence-corrected chi connectivity index (χ3v) is 4.49. The molecule has 0 fully saturated rings. The van der Waals surface area contributed by atoms with E-state index in [0.29, 0.717) is 17.7 Å². The Morgan fingerprint density at radius 1 is 1.24 bits per heavy atom. The monoisotopic (exact) mass is 316 g/mol. The number of nitrogens with one attached hydrogen (secondary N) is 2. The molecule has 6 heteroatoms. The summed E-state index contributed by atoms with van der Waals surface area (Å²) in [6.45, 7) is 11.1. The molecule has 0 saturated heterocycles. The van der Waals surface area contributed by atoms with Gasteiger partial charge in [-0.15, -0.1) is 0 Å². The van der Waals surface area contributed by atoms with E-state index in [4.69, 9.17) is 0 Å². The molecule has 0 saturated carbocycles. The van der Waals surface area contributed by atoms with Gasteiger partial charge < -0.3 is 5.32 Å². The van der Waals surface area contributed by atoms with Crippen LogP contribution in [0.2, 0.25) is 0 Å². The molecule has 0 atom stereocenters. The highest BCUT2D eigenvalue weighted by molar-refractivity contribution is 7.89. The fraction of sp³-hybridized carbons (Fsp3) is 0.600. The van der Waals surface area contributed by atoms with Crippen molar-refractivity contribution >= 4 is 10.0 Å². The number of hydrogen-bond acceptors (Lipinski definition) is 3. The topological polar surface area (TPSA) is 58.2 Å². The van der Waals surface area contributed by atoms with E-state index in [0.717, 1.165) is 0 Å². The van der Waals surface area contributed by atoms with E-state index < -0.39 is 15.6 Å². The van der Waals surface area contributed by atoms with E-state index in [1.165, 1.54) is 12.1 Å². The zero-order chi connectivity index (χ0) is 16.4. The largest absolute Gasteiger partial charge is 0.310 e. The molecular weight excluding hydrogens is 291 g/mol. The average Bonchev–Trinajstić information content (AvgIpc) is 2.27. The van der Waals surface area contributed by atoms with Crippen LogP contribution in [-0.2, 0) is 16.6 Å². The minimum absolute atomic E-state index is 0.0943. The zero-order valence-corrected chi connectivity index (χ0v) is 14.4. The highest BCUT2D eigenvalue weighted by Gasteiger charge is 2.23. The molecular formula is C15H25FN2O2S. The molecule has 0 bridgehead atoms. The maximum absolute atomic E-state index is 14.1. The Hall–Kier alpha value is -0.980. The summed E-state index contributed by atoms with van der Waals surface area (Å²) in [6, 6.07) is 2.95. The predicted octanol–water partition coefficient (Wildman–Crippen LogP) is 2.71. The van der Waals surface area contributed by atoms with Gasteiger partial charge in [0.1, 0.15) is 5.82 Å². The Bertz CT molecular complexity index is 605. The predicted molar refractivity (Wildman–Crippen MR) is 83.2 cm³/mol. The summed E-state index contributed by atoms with van der Waals surface area (Å²) in [7, 11) is -3.66. The maximum atomic E-state index is 14.1. The molecule has 0 amide bonds. The maximum Gasteiger partial charge on any atom is 0.241 e. The van der Waals surface area contributed by atoms with Crippen LogP contribution in [0, 0.1) is 12.7 Å². The van der Waals surface area contributed by atoms with Crippen LogP contribution in [0.25, 0.3) is 0 Å². The smallest absolute Gasteiger partial charge is 0.241 e. The van der Waals surface area contributed by atoms with Crippen LogP contribution in [0.5, 0.6) is 0 Å². The SMILES string of the molecule is Cc1cc(S(=O)(=O)NC(C)(C)C)cc(CNC(C)C)c1F. The quantitative estimate of drug-likeness (QED) is 0.878. The Morgan fingerprint density at radius 3 is 2.29 bits per heavy atom. The van der Waals surface area contributed by atoms with Crippen LogP contribution in [0.3, 0.4) is 0 Å². The van der Waals surface area contributed by atoms with E-state index >= 15 is 0 Å². The van der Waals surface area contributed by atoms with E-state index in [2.05, 4.69) is 10.0 Å². The summed E-state index contributed by atoms with van der Waals surface area (Å²) in [4.78, 5) is 0.0943. The standard InChI is InChI=1S/C15H25FN2O2S/c1-10(2)17-9-12-8-13(7-11(3)14(12)16)21(19,20)18-15(4,5)6/h7-8,10,17-18H,9H2,1-6H3. The number of halogens is 1. The first-order valence-electron chi connectivity index (χ1n) is 6.99. The Labute approximate surface area is 127 Å². The third-order valence-electron chi connectivity index (χ3n) is 2.76. The van der Waals surface area contributed by atoms with Crippen LogP contribution in [0.1, 0.15) is 45.7 Å². The molecule has 1 rings (SSSR count). The second-order valence-electron chi connectivity index (χ2n) is 6.60. The van der Waals surface area contributed by atoms with Crippen LogP contribution in [0.15, 0.2) is 17.0 Å². The Balaban J connectivity index is 3.20. The van der Waals surface area contributed by atoms with Crippen molar-refractivity contribution in [2.75, 3.05) is 0 Å². The number of sulfonamides is 1. The summed E-state index contributed by atoms with van der Waals surface area (Å²) in [5, 5.41) is 3.10. The Kier molecular flexibility index (Phi) is 5.52. The lowest BCUT2D eigenvalue weighted by molar-refractivity contribution is 0.491. The van der Waals surface area contributed by atoms with Crippen LogP contribution in [-0.4, -0.2) is 20.0 Å². The fourth-order valence-corrected chi connectivity index (χ4v) is 3.42. The molecule has 4 nitrogen and oxygen atoms in total. The van der Waals surface area contributed by atoms with E-state index in [1.807, 2.05) is 13.8 Å². The second-order valence-corrected chi connectivity index (χ2v) is 8.29. The van der Waals surface area contributed by atoms with Gasteiger partial charge in [0, 0.05) is 23.7 Å². The van der Waals surface area contributed by atoms with Gasteiger partial charge in [0.25, 0.3) is 0 Å². The van der Waals surface area contributed by atoms with Crippen LogP contribution in [0.4, 0.5) is 4.39 Å². The Morgan fingerprint density at radius 2 is 1.81 bits per heavy atom. The molecule has 0 aliphatic heterocycles. The van der Waals surface area contributed by atoms with Gasteiger partial charge in [-0.25, -0.2) is 17.5 Å². The summed E-state index contributed by atoms with van der Waals surface area (Å²) in [5.74, 6) is -0.363. The molecule has 1 aromatic rings. The van der Waals surface area contributed by atoms with Crippen LogP contribution < -0.4 is 10.0 Å². The summed E-state index contributed by atoms with van der Waals surface area (Å²) in [5.41, 5.74) is 0.0996. The number of benzene rings is 1. The summed E-state index contributed by atoms with van der Waals surface area (Å²) >= 11 is 0. The van der Waals surface area contributed by atoms with Gasteiger partial charge in [0.2, 0.25) is 10.0 Å². The minimum Gasteiger partial charge on any atom is -0.310 e. The summed E-state index contributed by atoms with van der Waals surface area (Å²) < 4.78 is 41.4. The van der Waals surface area contributed by atoms with E-state index in [-0.39, 0.29) is 16.8 Å². The number of aryl methyl sites for hydroxylation is 1. The molecule has 0 spiro atoms. The van der Waals surface area contributed by atoms with Crippen molar-refractivity contribution in [1.82, 2.24) is 10.0 Å². The first-order chi connectivity index (χ1) is 9.42. The molecule has 0 radical (unpaired) electrons. The van der Waals surface area contributed by atoms with Crippen molar-refractivity contribution in [2.45, 2.75) is 64.6 Å². The number of hydrogen-bond donors (Lipinski definition) is 2. The van der Waals surface area contributed by atoms with Gasteiger partial charge >= 0.3 is 0 Å². The molecule has 120 valence electrons. The highest BCUT2D eigenvalue weighted by atomic mass is 32.2. The molecule has 2 N–H and O–H groups in total. The zero-order valence-electron chi connectivity index (χ0n) is 13.5. The molecule has 0 heterocycles. The van der Waals surface area contributed by atoms with Gasteiger partial charge in [-0.2, -0.15) is 0 Å². The number of rotatable bonds is 5. The van der Waals surface area contributed by atoms with Gasteiger partial charge in [0.15, 0.2) is 0 Å². The molecule has 21 heavy (non-hydrogen) atoms. The van der Waals surface area contributed by atoms with Crippen molar-refractivity contribution in [3.8, 4) is 0 Å². The third kappa shape index (κ3) is 5.37. The lowest BCUT2D eigenvalue weighted by Crippen LogP contribution is -2.40. The molecule has 0 aliphatic carbocycles. The van der Waals surface area contributed by atoms with Gasteiger partial charge in [0.05, 0.1) is 4.90 Å². The molecule has 1 aromatic carbocycles. The highest BCUT2D eigenvalue weighted by Crippen LogP contribution is 2.20.